The van der Waals surface area contributed by atoms with E-state index < -0.39 is 0 Å². The standard InChI is InChI=1S/C15H30N2O/c1-11(2)9-15(4,10-16)17-14(18)8-13-6-5-12(3)7-13/h11-13H,5-10,16H2,1-4H3,(H,17,18). The van der Waals surface area contributed by atoms with Gasteiger partial charge in [0, 0.05) is 18.5 Å². The van der Waals surface area contributed by atoms with Gasteiger partial charge < -0.3 is 11.1 Å². The van der Waals surface area contributed by atoms with Crippen LogP contribution in [0, 0.1) is 17.8 Å². The Morgan fingerprint density at radius 2 is 2.11 bits per heavy atom. The summed E-state index contributed by atoms with van der Waals surface area (Å²) in [5.74, 6) is 2.11. The molecule has 1 amide bonds. The van der Waals surface area contributed by atoms with Crippen molar-refractivity contribution in [3.63, 3.8) is 0 Å². The van der Waals surface area contributed by atoms with E-state index in [9.17, 15) is 4.79 Å². The topological polar surface area (TPSA) is 55.1 Å². The zero-order valence-electron chi connectivity index (χ0n) is 12.5. The highest BCUT2D eigenvalue weighted by Crippen LogP contribution is 2.32. The second kappa shape index (κ2) is 6.55. The number of hydrogen-bond donors (Lipinski definition) is 2. The molecule has 0 radical (unpaired) electrons. The molecule has 3 unspecified atom stereocenters. The summed E-state index contributed by atoms with van der Waals surface area (Å²) in [5.41, 5.74) is 5.58. The van der Waals surface area contributed by atoms with E-state index in [1.807, 2.05) is 0 Å². The number of carbonyl (C=O) groups excluding carboxylic acids is 1. The summed E-state index contributed by atoms with van der Waals surface area (Å²) in [6, 6.07) is 0. The van der Waals surface area contributed by atoms with E-state index in [2.05, 4.69) is 33.0 Å². The van der Waals surface area contributed by atoms with Gasteiger partial charge in [-0.25, -0.2) is 0 Å². The molecule has 0 saturated heterocycles. The molecule has 0 heterocycles. The van der Waals surface area contributed by atoms with E-state index in [-0.39, 0.29) is 11.4 Å². The van der Waals surface area contributed by atoms with Gasteiger partial charge in [-0.3, -0.25) is 4.79 Å². The maximum absolute atomic E-state index is 12.1. The molecular weight excluding hydrogens is 224 g/mol. The molecule has 0 aromatic heterocycles. The van der Waals surface area contributed by atoms with E-state index >= 15 is 0 Å². The molecule has 1 aliphatic carbocycles. The van der Waals surface area contributed by atoms with Crippen LogP contribution in [0.25, 0.3) is 0 Å². The zero-order chi connectivity index (χ0) is 13.8. The Labute approximate surface area is 112 Å². The summed E-state index contributed by atoms with van der Waals surface area (Å²) >= 11 is 0. The molecule has 0 aliphatic heterocycles. The third kappa shape index (κ3) is 4.97. The Balaban J connectivity index is 2.42. The first-order chi connectivity index (χ1) is 8.34. The van der Waals surface area contributed by atoms with Crippen molar-refractivity contribution in [3.8, 4) is 0 Å². The predicted molar refractivity (Wildman–Crippen MR) is 76.2 cm³/mol. The fourth-order valence-electron chi connectivity index (χ4n) is 3.25. The van der Waals surface area contributed by atoms with Gasteiger partial charge in [0.15, 0.2) is 0 Å². The van der Waals surface area contributed by atoms with Gasteiger partial charge in [-0.2, -0.15) is 0 Å². The number of hydrogen-bond acceptors (Lipinski definition) is 2. The van der Waals surface area contributed by atoms with E-state index in [4.69, 9.17) is 5.73 Å². The van der Waals surface area contributed by atoms with Crippen LogP contribution in [0.5, 0.6) is 0 Å². The van der Waals surface area contributed by atoms with Gasteiger partial charge in [0.1, 0.15) is 0 Å². The van der Waals surface area contributed by atoms with Crippen molar-refractivity contribution in [2.75, 3.05) is 6.54 Å². The fourth-order valence-corrected chi connectivity index (χ4v) is 3.25. The summed E-state index contributed by atoms with van der Waals surface area (Å²) in [6.45, 7) is 9.18. The van der Waals surface area contributed by atoms with E-state index in [1.165, 1.54) is 19.3 Å². The summed E-state index contributed by atoms with van der Waals surface area (Å²) in [6.07, 6.45) is 5.31. The van der Waals surface area contributed by atoms with E-state index in [1.54, 1.807) is 0 Å². The quantitative estimate of drug-likeness (QED) is 0.765. The largest absolute Gasteiger partial charge is 0.350 e. The SMILES string of the molecule is CC(C)CC(C)(CN)NC(=O)CC1CCC(C)C1. The lowest BCUT2D eigenvalue weighted by molar-refractivity contribution is -0.123. The van der Waals surface area contributed by atoms with Gasteiger partial charge >= 0.3 is 0 Å². The van der Waals surface area contributed by atoms with Crippen LogP contribution in [0.1, 0.15) is 59.8 Å². The molecule has 3 heteroatoms. The van der Waals surface area contributed by atoms with Crippen molar-refractivity contribution in [1.82, 2.24) is 5.32 Å². The van der Waals surface area contributed by atoms with Crippen molar-refractivity contribution in [2.45, 2.75) is 65.3 Å². The van der Waals surface area contributed by atoms with Gasteiger partial charge in [-0.15, -0.1) is 0 Å². The molecule has 1 saturated carbocycles. The zero-order valence-corrected chi connectivity index (χ0v) is 12.5. The summed E-state index contributed by atoms with van der Waals surface area (Å²) < 4.78 is 0. The van der Waals surface area contributed by atoms with Gasteiger partial charge in [-0.1, -0.05) is 27.2 Å². The van der Waals surface area contributed by atoms with Crippen molar-refractivity contribution >= 4 is 5.91 Å². The van der Waals surface area contributed by atoms with Crippen LogP contribution in [0.15, 0.2) is 0 Å². The minimum Gasteiger partial charge on any atom is -0.350 e. The third-order valence-electron chi connectivity index (χ3n) is 4.03. The molecule has 3 N–H and O–H groups in total. The lowest BCUT2D eigenvalue weighted by Gasteiger charge is -2.31. The third-order valence-corrected chi connectivity index (χ3v) is 4.03. The molecule has 1 rings (SSSR count). The van der Waals surface area contributed by atoms with Crippen LogP contribution in [0.3, 0.4) is 0 Å². The van der Waals surface area contributed by atoms with Crippen molar-refractivity contribution in [2.24, 2.45) is 23.5 Å². The van der Waals surface area contributed by atoms with Crippen LogP contribution in [0.2, 0.25) is 0 Å². The van der Waals surface area contributed by atoms with Gasteiger partial charge in [0.2, 0.25) is 5.91 Å². The molecule has 0 bridgehead atoms. The van der Waals surface area contributed by atoms with E-state index in [0.717, 1.165) is 12.3 Å². The first-order valence-electron chi connectivity index (χ1n) is 7.35. The highest BCUT2D eigenvalue weighted by Gasteiger charge is 2.28. The molecule has 1 fully saturated rings. The summed E-state index contributed by atoms with van der Waals surface area (Å²) in [7, 11) is 0. The smallest absolute Gasteiger partial charge is 0.220 e. The van der Waals surface area contributed by atoms with Crippen molar-refractivity contribution in [1.29, 1.82) is 0 Å². The molecule has 3 nitrogen and oxygen atoms in total. The van der Waals surface area contributed by atoms with Crippen LogP contribution in [0.4, 0.5) is 0 Å². The molecular formula is C15H30N2O. The van der Waals surface area contributed by atoms with Crippen molar-refractivity contribution in [3.05, 3.63) is 0 Å². The maximum Gasteiger partial charge on any atom is 0.220 e. The second-order valence-corrected chi connectivity index (χ2v) is 6.90. The minimum absolute atomic E-state index is 0.183. The van der Waals surface area contributed by atoms with Gasteiger partial charge in [0.05, 0.1) is 0 Å². The molecule has 3 atom stereocenters. The maximum atomic E-state index is 12.1. The fraction of sp³-hybridized carbons (Fsp3) is 0.933. The van der Waals surface area contributed by atoms with Crippen LogP contribution < -0.4 is 11.1 Å². The normalized spacial score (nSPS) is 27.2. The Bertz CT molecular complexity index is 278. The molecule has 0 aromatic carbocycles. The predicted octanol–water partition coefficient (Wildman–Crippen LogP) is 2.69. The monoisotopic (exact) mass is 254 g/mol. The number of carbonyl (C=O) groups is 1. The highest BCUT2D eigenvalue weighted by molar-refractivity contribution is 5.77. The van der Waals surface area contributed by atoms with Gasteiger partial charge in [-0.05, 0) is 43.9 Å². The Morgan fingerprint density at radius 3 is 2.56 bits per heavy atom. The van der Waals surface area contributed by atoms with Crippen LogP contribution in [-0.2, 0) is 4.79 Å². The average molecular weight is 254 g/mol. The van der Waals surface area contributed by atoms with Crippen LogP contribution >= 0.6 is 0 Å². The number of nitrogens with one attached hydrogen (secondary N) is 1. The molecule has 1 aliphatic rings. The lowest BCUT2D eigenvalue weighted by atomic mass is 9.90. The highest BCUT2D eigenvalue weighted by atomic mass is 16.1. The Hall–Kier alpha value is -0.570. The summed E-state index contributed by atoms with van der Waals surface area (Å²) in [5, 5.41) is 3.15. The molecule has 18 heavy (non-hydrogen) atoms. The van der Waals surface area contributed by atoms with Crippen molar-refractivity contribution < 1.29 is 4.79 Å². The lowest BCUT2D eigenvalue weighted by Crippen LogP contribution is -2.52. The average Bonchev–Trinajstić information content (AvgIpc) is 2.62. The molecule has 0 aromatic rings. The van der Waals surface area contributed by atoms with E-state index in [0.29, 0.717) is 24.8 Å². The summed E-state index contributed by atoms with van der Waals surface area (Å²) in [4.78, 5) is 12.1. The number of amides is 1. The van der Waals surface area contributed by atoms with Crippen LogP contribution in [-0.4, -0.2) is 18.0 Å². The molecule has 106 valence electrons. The first-order valence-corrected chi connectivity index (χ1v) is 7.35. The number of rotatable bonds is 6. The first kappa shape index (κ1) is 15.5. The Morgan fingerprint density at radius 1 is 1.44 bits per heavy atom. The van der Waals surface area contributed by atoms with Gasteiger partial charge in [0.25, 0.3) is 0 Å². The second-order valence-electron chi connectivity index (χ2n) is 6.90. The Kier molecular flexibility index (Phi) is 5.64. The number of nitrogens with two attached hydrogens (primary N) is 1. The minimum atomic E-state index is -0.241. The molecule has 0 spiro atoms.